The number of rotatable bonds is 1. The average molecular weight is 205 g/mol. The molecule has 0 saturated carbocycles. The van der Waals surface area contributed by atoms with E-state index < -0.39 is 11.5 Å². The maximum atomic E-state index is 11.3. The maximum Gasteiger partial charge on any atom is 0.336 e. The molecule has 0 spiro atoms. The quantitative estimate of drug-likeness (QED) is 0.646. The number of carboxylic acid groups (broad SMARTS) is 1. The van der Waals surface area contributed by atoms with Crippen molar-refractivity contribution in [3.8, 4) is 5.75 Å². The average Bonchev–Trinajstić information content (AvgIpc) is 2.18. The maximum absolute atomic E-state index is 11.3. The molecule has 5 nitrogen and oxygen atoms in total. The second kappa shape index (κ2) is 3.13. The molecule has 0 radical (unpaired) electrons. The van der Waals surface area contributed by atoms with Gasteiger partial charge in [-0.2, -0.15) is 0 Å². The molecule has 1 heterocycles. The molecular formula is C10H7NO4. The molecule has 0 atom stereocenters. The summed E-state index contributed by atoms with van der Waals surface area (Å²) in [6, 6.07) is 3.84. The van der Waals surface area contributed by atoms with Crippen LogP contribution in [-0.2, 0) is 0 Å². The fraction of sp³-hybridized carbons (Fsp3) is 0. The lowest BCUT2D eigenvalue weighted by Gasteiger charge is -2.02. The van der Waals surface area contributed by atoms with E-state index in [1.165, 1.54) is 18.3 Å². The van der Waals surface area contributed by atoms with Gasteiger partial charge in [0.05, 0.1) is 10.9 Å². The molecule has 0 fully saturated rings. The molecule has 76 valence electrons. The van der Waals surface area contributed by atoms with E-state index in [1.807, 2.05) is 0 Å². The number of nitrogens with one attached hydrogen (secondary N) is 1. The summed E-state index contributed by atoms with van der Waals surface area (Å²) in [5.41, 5.74) is -0.512. The number of aromatic hydroxyl groups is 1. The normalized spacial score (nSPS) is 10.4. The number of hydrogen-bond donors (Lipinski definition) is 3. The number of H-pyrrole nitrogens is 1. The Balaban J connectivity index is 2.99. The molecule has 0 aliphatic carbocycles. The number of benzene rings is 1. The van der Waals surface area contributed by atoms with Gasteiger partial charge < -0.3 is 15.2 Å². The zero-order valence-corrected chi connectivity index (χ0v) is 7.52. The van der Waals surface area contributed by atoms with Crippen LogP contribution < -0.4 is 5.56 Å². The zero-order chi connectivity index (χ0) is 11.0. The Morgan fingerprint density at radius 2 is 2.00 bits per heavy atom. The van der Waals surface area contributed by atoms with Crippen molar-refractivity contribution in [1.29, 1.82) is 0 Å². The second-order valence-corrected chi connectivity index (χ2v) is 3.07. The van der Waals surface area contributed by atoms with Gasteiger partial charge in [0.15, 0.2) is 0 Å². The fourth-order valence-electron chi connectivity index (χ4n) is 1.46. The standard InChI is InChI=1S/C10H7NO4/c12-5-3-7-6(1-2-11-9(7)13)8(4-5)10(14)15/h1-4,12H,(H,11,13)(H,14,15). The number of hydrogen-bond acceptors (Lipinski definition) is 3. The Kier molecular flexibility index (Phi) is 1.93. The summed E-state index contributed by atoms with van der Waals surface area (Å²) in [6.07, 6.45) is 1.37. The minimum Gasteiger partial charge on any atom is -0.508 e. The molecule has 1 aromatic carbocycles. The Morgan fingerprint density at radius 1 is 1.27 bits per heavy atom. The predicted octanol–water partition coefficient (Wildman–Crippen LogP) is 0.932. The van der Waals surface area contributed by atoms with E-state index in [9.17, 15) is 14.7 Å². The van der Waals surface area contributed by atoms with Crippen molar-refractivity contribution in [3.63, 3.8) is 0 Å². The van der Waals surface area contributed by atoms with E-state index in [-0.39, 0.29) is 16.7 Å². The van der Waals surface area contributed by atoms with Crippen LogP contribution in [0.5, 0.6) is 5.75 Å². The van der Waals surface area contributed by atoms with Crippen LogP contribution in [0, 0.1) is 0 Å². The van der Waals surface area contributed by atoms with Crippen molar-refractivity contribution in [2.75, 3.05) is 0 Å². The summed E-state index contributed by atoms with van der Waals surface area (Å²) in [6.45, 7) is 0. The summed E-state index contributed by atoms with van der Waals surface area (Å²) in [5, 5.41) is 18.6. The van der Waals surface area contributed by atoms with Gasteiger partial charge in [0.1, 0.15) is 5.75 Å². The highest BCUT2D eigenvalue weighted by molar-refractivity contribution is 6.04. The molecule has 0 saturated heterocycles. The number of phenols is 1. The third-order valence-corrected chi connectivity index (χ3v) is 2.10. The minimum atomic E-state index is -1.18. The van der Waals surface area contributed by atoms with Gasteiger partial charge >= 0.3 is 5.97 Å². The molecule has 0 aliphatic heterocycles. The van der Waals surface area contributed by atoms with Crippen molar-refractivity contribution in [2.24, 2.45) is 0 Å². The van der Waals surface area contributed by atoms with Gasteiger partial charge in [0.25, 0.3) is 5.56 Å². The number of phenolic OH excluding ortho intramolecular Hbond substituents is 1. The van der Waals surface area contributed by atoms with Gasteiger partial charge in [0, 0.05) is 11.6 Å². The molecular weight excluding hydrogens is 198 g/mol. The summed E-state index contributed by atoms with van der Waals surface area (Å²) in [4.78, 5) is 24.6. The van der Waals surface area contributed by atoms with Crippen LogP contribution in [0.1, 0.15) is 10.4 Å². The first-order valence-electron chi connectivity index (χ1n) is 4.17. The number of aromatic amines is 1. The number of carboxylic acids is 1. The number of fused-ring (bicyclic) bond motifs is 1. The van der Waals surface area contributed by atoms with Gasteiger partial charge in [-0.1, -0.05) is 0 Å². The van der Waals surface area contributed by atoms with Gasteiger partial charge in [-0.25, -0.2) is 4.79 Å². The predicted molar refractivity (Wildman–Crippen MR) is 53.2 cm³/mol. The Bertz CT molecular complexity index is 600. The molecule has 2 rings (SSSR count). The van der Waals surface area contributed by atoms with Crippen LogP contribution >= 0.6 is 0 Å². The SMILES string of the molecule is O=C(O)c1cc(O)cc2c(=O)[nH]ccc12. The van der Waals surface area contributed by atoms with Crippen LogP contribution in [0.4, 0.5) is 0 Å². The molecule has 2 aromatic rings. The summed E-state index contributed by atoms with van der Waals surface area (Å²) in [5.74, 6) is -1.42. The highest BCUT2D eigenvalue weighted by Gasteiger charge is 2.11. The van der Waals surface area contributed by atoms with Gasteiger partial charge in [-0.05, 0) is 18.2 Å². The van der Waals surface area contributed by atoms with E-state index in [0.29, 0.717) is 5.39 Å². The Hall–Kier alpha value is -2.30. The van der Waals surface area contributed by atoms with Crippen LogP contribution in [0.25, 0.3) is 10.8 Å². The first-order valence-corrected chi connectivity index (χ1v) is 4.17. The van der Waals surface area contributed by atoms with Crippen LogP contribution in [0.3, 0.4) is 0 Å². The molecule has 15 heavy (non-hydrogen) atoms. The van der Waals surface area contributed by atoms with Crippen molar-refractivity contribution >= 4 is 16.7 Å². The van der Waals surface area contributed by atoms with Gasteiger partial charge in [-0.15, -0.1) is 0 Å². The highest BCUT2D eigenvalue weighted by Crippen LogP contribution is 2.21. The molecule has 0 aliphatic rings. The smallest absolute Gasteiger partial charge is 0.336 e. The Morgan fingerprint density at radius 3 is 2.67 bits per heavy atom. The van der Waals surface area contributed by atoms with Crippen molar-refractivity contribution in [3.05, 3.63) is 40.3 Å². The van der Waals surface area contributed by atoms with Gasteiger partial charge in [0.2, 0.25) is 0 Å². The lowest BCUT2D eigenvalue weighted by Crippen LogP contribution is -2.07. The van der Waals surface area contributed by atoms with E-state index in [0.717, 1.165) is 6.07 Å². The number of pyridine rings is 1. The fourth-order valence-corrected chi connectivity index (χ4v) is 1.46. The number of aromatic nitrogens is 1. The third kappa shape index (κ3) is 1.43. The summed E-state index contributed by atoms with van der Waals surface area (Å²) < 4.78 is 0. The van der Waals surface area contributed by atoms with Crippen LogP contribution in [-0.4, -0.2) is 21.2 Å². The topological polar surface area (TPSA) is 90.4 Å². The molecule has 5 heteroatoms. The lowest BCUT2D eigenvalue weighted by molar-refractivity contribution is 0.0698. The van der Waals surface area contributed by atoms with Crippen molar-refractivity contribution in [1.82, 2.24) is 4.98 Å². The van der Waals surface area contributed by atoms with Crippen molar-refractivity contribution < 1.29 is 15.0 Å². The molecule has 3 N–H and O–H groups in total. The lowest BCUT2D eigenvalue weighted by atomic mass is 10.1. The summed E-state index contributed by atoms with van der Waals surface area (Å²) in [7, 11) is 0. The van der Waals surface area contributed by atoms with Gasteiger partial charge in [-0.3, -0.25) is 4.79 Å². The van der Waals surface area contributed by atoms with E-state index in [4.69, 9.17) is 5.11 Å². The van der Waals surface area contributed by atoms with E-state index >= 15 is 0 Å². The van der Waals surface area contributed by atoms with Crippen LogP contribution in [0.2, 0.25) is 0 Å². The number of carbonyl (C=O) groups is 1. The second-order valence-electron chi connectivity index (χ2n) is 3.07. The van der Waals surface area contributed by atoms with E-state index in [2.05, 4.69) is 4.98 Å². The molecule has 0 bridgehead atoms. The molecule has 1 aromatic heterocycles. The molecule has 0 unspecified atom stereocenters. The monoisotopic (exact) mass is 205 g/mol. The zero-order valence-electron chi connectivity index (χ0n) is 7.52. The highest BCUT2D eigenvalue weighted by atomic mass is 16.4. The third-order valence-electron chi connectivity index (χ3n) is 2.10. The first-order chi connectivity index (χ1) is 7.09. The largest absolute Gasteiger partial charge is 0.508 e. The molecule has 0 amide bonds. The summed E-state index contributed by atoms with van der Waals surface area (Å²) >= 11 is 0. The van der Waals surface area contributed by atoms with E-state index in [1.54, 1.807) is 0 Å². The minimum absolute atomic E-state index is 0.0869. The first kappa shape index (κ1) is 9.26. The van der Waals surface area contributed by atoms with Crippen molar-refractivity contribution in [2.45, 2.75) is 0 Å². The van der Waals surface area contributed by atoms with Crippen LogP contribution in [0.15, 0.2) is 29.2 Å². The number of aromatic carboxylic acids is 1. The Labute approximate surface area is 83.6 Å².